The van der Waals surface area contributed by atoms with E-state index in [0.717, 1.165) is 13.0 Å². The number of rotatable bonds is 5. The van der Waals surface area contributed by atoms with Crippen molar-refractivity contribution in [3.63, 3.8) is 0 Å². The van der Waals surface area contributed by atoms with Crippen molar-refractivity contribution < 1.29 is 4.74 Å². The lowest BCUT2D eigenvalue weighted by Gasteiger charge is -2.08. The monoisotopic (exact) mass is 190 g/mol. The molecule has 0 saturated heterocycles. The summed E-state index contributed by atoms with van der Waals surface area (Å²) >= 11 is 0. The molecule has 0 fully saturated rings. The summed E-state index contributed by atoms with van der Waals surface area (Å²) < 4.78 is 5.43. The normalized spacial score (nSPS) is 10.4. The molecular weight excluding hydrogens is 160 g/mol. The van der Waals surface area contributed by atoms with Crippen LogP contribution in [0.5, 0.6) is 0 Å². The molecule has 0 aliphatic heterocycles. The van der Waals surface area contributed by atoms with Crippen molar-refractivity contribution in [2.75, 3.05) is 6.61 Å². The predicted octanol–water partition coefficient (Wildman–Crippen LogP) is 4.65. The van der Waals surface area contributed by atoms with Crippen molar-refractivity contribution in [2.45, 2.75) is 73.8 Å². The number of ether oxygens (including phenoxy) is 1. The number of unbranched alkanes of at least 4 members (excludes halogenated alkanes) is 1. The summed E-state index contributed by atoms with van der Waals surface area (Å²) in [6.07, 6.45) is 4.02. The van der Waals surface area contributed by atoms with Crippen LogP contribution in [0.3, 0.4) is 0 Å². The first kappa shape index (κ1) is 18.7. The summed E-state index contributed by atoms with van der Waals surface area (Å²) in [5, 5.41) is 0. The summed E-state index contributed by atoms with van der Waals surface area (Å²) in [6.45, 7) is 15.4. The summed E-state index contributed by atoms with van der Waals surface area (Å²) in [6, 6.07) is 0. The molecule has 13 heavy (non-hydrogen) atoms. The van der Waals surface area contributed by atoms with E-state index in [1.165, 1.54) is 12.8 Å². The third-order valence-electron chi connectivity index (χ3n) is 1.48. The molecule has 0 bridgehead atoms. The Labute approximate surface area is 85.9 Å². The third-order valence-corrected chi connectivity index (χ3v) is 1.48. The fourth-order valence-corrected chi connectivity index (χ4v) is 0.547. The average molecular weight is 190 g/mol. The van der Waals surface area contributed by atoms with Crippen LogP contribution in [0.4, 0.5) is 0 Å². The maximum absolute atomic E-state index is 5.43. The van der Waals surface area contributed by atoms with Gasteiger partial charge in [0.2, 0.25) is 0 Å². The zero-order valence-corrected chi connectivity index (χ0v) is 10.8. The molecule has 0 heterocycles. The molecule has 0 aromatic carbocycles. The molecule has 0 amide bonds. The van der Waals surface area contributed by atoms with Gasteiger partial charge in [-0.2, -0.15) is 0 Å². The highest BCUT2D eigenvalue weighted by Gasteiger charge is 1.94. The van der Waals surface area contributed by atoms with Crippen molar-refractivity contribution >= 4 is 0 Å². The fourth-order valence-electron chi connectivity index (χ4n) is 0.547. The van der Waals surface area contributed by atoms with Gasteiger partial charge in [0.05, 0.1) is 6.10 Å². The van der Waals surface area contributed by atoms with Crippen LogP contribution in [-0.4, -0.2) is 12.7 Å². The van der Waals surface area contributed by atoms with Gasteiger partial charge in [0.25, 0.3) is 0 Å². The van der Waals surface area contributed by atoms with Gasteiger partial charge in [-0.05, 0) is 19.8 Å². The van der Waals surface area contributed by atoms with Crippen molar-refractivity contribution in [1.29, 1.82) is 0 Å². The van der Waals surface area contributed by atoms with E-state index >= 15 is 0 Å². The van der Waals surface area contributed by atoms with E-state index in [2.05, 4.69) is 20.8 Å². The summed E-state index contributed by atoms with van der Waals surface area (Å²) in [7, 11) is 0. The van der Waals surface area contributed by atoms with Gasteiger partial charge in [0, 0.05) is 6.61 Å². The maximum atomic E-state index is 5.43. The van der Waals surface area contributed by atoms with Crippen molar-refractivity contribution in [2.24, 2.45) is 0 Å². The topological polar surface area (TPSA) is 9.23 Å². The minimum Gasteiger partial charge on any atom is -0.379 e. The van der Waals surface area contributed by atoms with Gasteiger partial charge in [-0.1, -0.05) is 48.0 Å². The van der Waals surface area contributed by atoms with Crippen molar-refractivity contribution in [3.8, 4) is 0 Å². The smallest absolute Gasteiger partial charge is 0.0544 e. The van der Waals surface area contributed by atoms with E-state index in [4.69, 9.17) is 4.74 Å². The molecule has 1 nitrogen and oxygen atoms in total. The lowest BCUT2D eigenvalue weighted by molar-refractivity contribution is 0.0617. The van der Waals surface area contributed by atoms with Crippen LogP contribution >= 0.6 is 0 Å². The lowest BCUT2D eigenvalue weighted by Crippen LogP contribution is -2.06. The molecule has 0 aromatic heterocycles. The molecule has 0 aliphatic rings. The molecule has 1 unspecified atom stereocenters. The van der Waals surface area contributed by atoms with Crippen LogP contribution < -0.4 is 0 Å². The Morgan fingerprint density at radius 2 is 1.46 bits per heavy atom. The molecule has 0 saturated carbocycles. The van der Waals surface area contributed by atoms with Crippen molar-refractivity contribution in [1.82, 2.24) is 0 Å². The molecule has 1 atom stereocenters. The Kier molecular flexibility index (Phi) is 32.6. The first-order valence-electron chi connectivity index (χ1n) is 5.92. The Morgan fingerprint density at radius 3 is 1.77 bits per heavy atom. The molecule has 1 heteroatoms. The Hall–Kier alpha value is -0.0400. The van der Waals surface area contributed by atoms with Crippen molar-refractivity contribution in [3.05, 3.63) is 0 Å². The number of hydrogen-bond acceptors (Lipinski definition) is 1. The Bertz CT molecular complexity index is 53.1. The fraction of sp³-hybridized carbons (Fsp3) is 1.00. The summed E-state index contributed by atoms with van der Waals surface area (Å²) in [4.78, 5) is 0. The van der Waals surface area contributed by atoms with Crippen LogP contribution in [-0.2, 0) is 4.74 Å². The lowest BCUT2D eigenvalue weighted by atomic mass is 10.3. The molecule has 0 aromatic rings. The molecule has 0 radical (unpaired) electrons. The molecule has 0 rings (SSSR count). The molecule has 84 valence electrons. The van der Waals surface area contributed by atoms with Crippen LogP contribution in [0.15, 0.2) is 0 Å². The second-order valence-corrected chi connectivity index (χ2v) is 2.44. The minimum absolute atomic E-state index is 0.455. The Morgan fingerprint density at radius 1 is 1.00 bits per heavy atom. The van der Waals surface area contributed by atoms with E-state index in [1.807, 2.05) is 27.7 Å². The zero-order valence-electron chi connectivity index (χ0n) is 10.8. The SMILES string of the molecule is CC.CC.CCCCOC(C)CC. The highest BCUT2D eigenvalue weighted by molar-refractivity contribution is 4.43. The Balaban J connectivity index is -0.000000218. The van der Waals surface area contributed by atoms with Crippen LogP contribution in [0.1, 0.15) is 67.7 Å². The van der Waals surface area contributed by atoms with E-state index in [1.54, 1.807) is 0 Å². The van der Waals surface area contributed by atoms with Gasteiger partial charge in [-0.25, -0.2) is 0 Å². The van der Waals surface area contributed by atoms with Gasteiger partial charge in [-0.3, -0.25) is 0 Å². The molecule has 0 aliphatic carbocycles. The second-order valence-electron chi connectivity index (χ2n) is 2.44. The van der Waals surface area contributed by atoms with Gasteiger partial charge < -0.3 is 4.74 Å². The second kappa shape index (κ2) is 22.7. The highest BCUT2D eigenvalue weighted by Crippen LogP contribution is 1.97. The molecule has 0 spiro atoms. The van der Waals surface area contributed by atoms with Gasteiger partial charge in [-0.15, -0.1) is 0 Å². The van der Waals surface area contributed by atoms with Crippen LogP contribution in [0.2, 0.25) is 0 Å². The number of hydrogen-bond donors (Lipinski definition) is 0. The maximum Gasteiger partial charge on any atom is 0.0544 e. The summed E-state index contributed by atoms with van der Waals surface area (Å²) in [5.74, 6) is 0. The van der Waals surface area contributed by atoms with E-state index in [9.17, 15) is 0 Å². The van der Waals surface area contributed by atoms with Gasteiger partial charge >= 0.3 is 0 Å². The van der Waals surface area contributed by atoms with Gasteiger partial charge in [0.1, 0.15) is 0 Å². The average Bonchev–Trinajstić information content (AvgIpc) is 2.24. The standard InChI is InChI=1S/C8H18O.2C2H6/c1-4-6-7-9-8(3)5-2;2*1-2/h8H,4-7H2,1-3H3;2*1-2H3. The van der Waals surface area contributed by atoms with Gasteiger partial charge in [0.15, 0.2) is 0 Å². The zero-order chi connectivity index (χ0) is 11.1. The minimum atomic E-state index is 0.455. The summed E-state index contributed by atoms with van der Waals surface area (Å²) in [5.41, 5.74) is 0. The van der Waals surface area contributed by atoms with E-state index in [-0.39, 0.29) is 0 Å². The predicted molar refractivity (Wildman–Crippen MR) is 63.3 cm³/mol. The van der Waals surface area contributed by atoms with E-state index < -0.39 is 0 Å². The van der Waals surface area contributed by atoms with E-state index in [0.29, 0.717) is 6.10 Å². The third kappa shape index (κ3) is 24.5. The van der Waals surface area contributed by atoms with Crippen LogP contribution in [0, 0.1) is 0 Å². The molecule has 0 N–H and O–H groups in total. The quantitative estimate of drug-likeness (QED) is 0.573. The highest BCUT2D eigenvalue weighted by atomic mass is 16.5. The largest absolute Gasteiger partial charge is 0.379 e. The first-order chi connectivity index (χ1) is 6.31. The molecular formula is C12H30O. The van der Waals surface area contributed by atoms with Crippen LogP contribution in [0.25, 0.3) is 0 Å². The first-order valence-corrected chi connectivity index (χ1v) is 5.92.